The zero-order valence-electron chi connectivity index (χ0n) is 9.51. The Morgan fingerprint density at radius 2 is 2.00 bits per heavy atom. The van der Waals surface area contributed by atoms with Gasteiger partial charge in [0.25, 0.3) is 0 Å². The second-order valence-corrected chi connectivity index (χ2v) is 4.50. The maximum atomic E-state index is 9.99. The molecule has 1 N–H and O–H groups in total. The van der Waals surface area contributed by atoms with E-state index in [0.29, 0.717) is 5.92 Å². The highest BCUT2D eigenvalue weighted by Crippen LogP contribution is 2.21. The van der Waals surface area contributed by atoms with Gasteiger partial charge in [-0.25, -0.2) is 0 Å². The summed E-state index contributed by atoms with van der Waals surface area (Å²) in [4.78, 5) is 3.97. The van der Waals surface area contributed by atoms with Crippen LogP contribution in [0.4, 0.5) is 0 Å². The SMILES string of the molecule is OC(Cc1ccncc1)CC1CCOCC1. The molecule has 1 fully saturated rings. The van der Waals surface area contributed by atoms with Crippen LogP contribution in [0.3, 0.4) is 0 Å². The van der Waals surface area contributed by atoms with Crippen molar-refractivity contribution in [1.82, 2.24) is 4.98 Å². The van der Waals surface area contributed by atoms with E-state index in [0.717, 1.165) is 44.5 Å². The summed E-state index contributed by atoms with van der Waals surface area (Å²) in [6.45, 7) is 1.71. The van der Waals surface area contributed by atoms with E-state index in [2.05, 4.69) is 4.98 Å². The van der Waals surface area contributed by atoms with Gasteiger partial charge in [-0.2, -0.15) is 0 Å². The molecule has 16 heavy (non-hydrogen) atoms. The fourth-order valence-corrected chi connectivity index (χ4v) is 2.24. The Hall–Kier alpha value is -0.930. The molecule has 0 aromatic carbocycles. The van der Waals surface area contributed by atoms with Crippen molar-refractivity contribution >= 4 is 0 Å². The monoisotopic (exact) mass is 221 g/mol. The second kappa shape index (κ2) is 5.97. The number of rotatable bonds is 4. The highest BCUT2D eigenvalue weighted by Gasteiger charge is 2.17. The van der Waals surface area contributed by atoms with Crippen LogP contribution in [-0.2, 0) is 11.2 Å². The van der Waals surface area contributed by atoms with Crippen molar-refractivity contribution in [3.8, 4) is 0 Å². The molecular formula is C13H19NO2. The number of hydrogen-bond donors (Lipinski definition) is 1. The lowest BCUT2D eigenvalue weighted by atomic mass is 9.91. The van der Waals surface area contributed by atoms with Gasteiger partial charge in [-0.1, -0.05) is 0 Å². The molecule has 3 heteroatoms. The molecule has 0 radical (unpaired) electrons. The third-order valence-corrected chi connectivity index (χ3v) is 3.17. The number of nitrogens with zero attached hydrogens (tertiary/aromatic N) is 1. The molecule has 3 nitrogen and oxygen atoms in total. The Balaban J connectivity index is 1.77. The zero-order chi connectivity index (χ0) is 11.2. The summed E-state index contributed by atoms with van der Waals surface area (Å²) in [6, 6.07) is 3.93. The maximum absolute atomic E-state index is 9.99. The van der Waals surface area contributed by atoms with Crippen LogP contribution < -0.4 is 0 Å². The van der Waals surface area contributed by atoms with Crippen molar-refractivity contribution in [3.63, 3.8) is 0 Å². The summed E-state index contributed by atoms with van der Waals surface area (Å²) in [6.07, 6.45) is 7.13. The van der Waals surface area contributed by atoms with Crippen LogP contribution in [0.1, 0.15) is 24.8 Å². The van der Waals surface area contributed by atoms with Gasteiger partial charge in [-0.05, 0) is 49.3 Å². The number of hydrogen-bond acceptors (Lipinski definition) is 3. The van der Waals surface area contributed by atoms with E-state index in [-0.39, 0.29) is 6.10 Å². The first-order valence-corrected chi connectivity index (χ1v) is 5.99. The summed E-state index contributed by atoms with van der Waals surface area (Å²) in [5.74, 6) is 0.630. The van der Waals surface area contributed by atoms with E-state index in [4.69, 9.17) is 4.74 Å². The van der Waals surface area contributed by atoms with Crippen LogP contribution in [0.15, 0.2) is 24.5 Å². The van der Waals surface area contributed by atoms with Gasteiger partial charge in [0, 0.05) is 25.6 Å². The Kier molecular flexibility index (Phi) is 4.31. The van der Waals surface area contributed by atoms with Gasteiger partial charge in [0.2, 0.25) is 0 Å². The van der Waals surface area contributed by atoms with E-state index in [1.54, 1.807) is 12.4 Å². The summed E-state index contributed by atoms with van der Waals surface area (Å²) in [5, 5.41) is 9.99. The number of aliphatic hydroxyl groups is 1. The second-order valence-electron chi connectivity index (χ2n) is 4.50. The molecule has 2 heterocycles. The van der Waals surface area contributed by atoms with E-state index in [9.17, 15) is 5.11 Å². The van der Waals surface area contributed by atoms with Crippen LogP contribution in [-0.4, -0.2) is 29.4 Å². The number of aliphatic hydroxyl groups excluding tert-OH is 1. The number of aromatic nitrogens is 1. The summed E-state index contributed by atoms with van der Waals surface area (Å²) < 4.78 is 5.31. The molecule has 0 saturated carbocycles. The van der Waals surface area contributed by atoms with Gasteiger partial charge < -0.3 is 9.84 Å². The van der Waals surface area contributed by atoms with Crippen molar-refractivity contribution in [2.45, 2.75) is 31.8 Å². The van der Waals surface area contributed by atoms with Crippen LogP contribution >= 0.6 is 0 Å². The fourth-order valence-electron chi connectivity index (χ4n) is 2.24. The molecule has 1 aliphatic heterocycles. The van der Waals surface area contributed by atoms with Crippen molar-refractivity contribution in [2.75, 3.05) is 13.2 Å². The Morgan fingerprint density at radius 1 is 1.31 bits per heavy atom. The third kappa shape index (κ3) is 3.58. The Morgan fingerprint density at radius 3 is 2.69 bits per heavy atom. The molecular weight excluding hydrogens is 202 g/mol. The van der Waals surface area contributed by atoms with Crippen LogP contribution in [0.5, 0.6) is 0 Å². The molecule has 0 aliphatic carbocycles. The van der Waals surface area contributed by atoms with E-state index < -0.39 is 0 Å². The minimum Gasteiger partial charge on any atom is -0.393 e. The minimum absolute atomic E-state index is 0.231. The molecule has 1 aliphatic rings. The van der Waals surface area contributed by atoms with E-state index in [1.165, 1.54) is 0 Å². The van der Waals surface area contributed by atoms with Crippen molar-refractivity contribution in [2.24, 2.45) is 5.92 Å². The van der Waals surface area contributed by atoms with Crippen LogP contribution in [0.25, 0.3) is 0 Å². The van der Waals surface area contributed by atoms with Gasteiger partial charge in [0.1, 0.15) is 0 Å². The predicted molar refractivity (Wildman–Crippen MR) is 62.1 cm³/mol. The van der Waals surface area contributed by atoms with Gasteiger partial charge in [-0.15, -0.1) is 0 Å². The van der Waals surface area contributed by atoms with Crippen molar-refractivity contribution in [3.05, 3.63) is 30.1 Å². The topological polar surface area (TPSA) is 42.4 Å². The van der Waals surface area contributed by atoms with Crippen LogP contribution in [0, 0.1) is 5.92 Å². The average Bonchev–Trinajstić information content (AvgIpc) is 2.31. The fraction of sp³-hybridized carbons (Fsp3) is 0.615. The molecule has 0 bridgehead atoms. The molecule has 0 amide bonds. The largest absolute Gasteiger partial charge is 0.393 e. The lowest BCUT2D eigenvalue weighted by Gasteiger charge is -2.24. The number of ether oxygens (including phenoxy) is 1. The van der Waals surface area contributed by atoms with E-state index >= 15 is 0 Å². The molecule has 1 aromatic heterocycles. The molecule has 1 unspecified atom stereocenters. The summed E-state index contributed by atoms with van der Waals surface area (Å²) in [7, 11) is 0. The maximum Gasteiger partial charge on any atom is 0.0583 e. The number of pyridine rings is 1. The Labute approximate surface area is 96.5 Å². The lowest BCUT2D eigenvalue weighted by molar-refractivity contribution is 0.0439. The summed E-state index contributed by atoms with van der Waals surface area (Å²) >= 11 is 0. The normalized spacial score (nSPS) is 19.6. The highest BCUT2D eigenvalue weighted by atomic mass is 16.5. The first kappa shape index (κ1) is 11.6. The average molecular weight is 221 g/mol. The smallest absolute Gasteiger partial charge is 0.0583 e. The molecule has 1 atom stereocenters. The minimum atomic E-state index is -0.231. The molecule has 1 saturated heterocycles. The Bertz CT molecular complexity index is 296. The standard InChI is InChI=1S/C13H19NO2/c15-13(9-11-1-5-14-6-2-11)10-12-3-7-16-8-4-12/h1-2,5-6,12-13,15H,3-4,7-10H2. The van der Waals surface area contributed by atoms with E-state index in [1.807, 2.05) is 12.1 Å². The molecule has 88 valence electrons. The summed E-state index contributed by atoms with van der Waals surface area (Å²) in [5.41, 5.74) is 1.16. The predicted octanol–water partition coefficient (Wildman–Crippen LogP) is 1.80. The quantitative estimate of drug-likeness (QED) is 0.843. The van der Waals surface area contributed by atoms with Crippen molar-refractivity contribution < 1.29 is 9.84 Å². The van der Waals surface area contributed by atoms with Gasteiger partial charge in [-0.3, -0.25) is 4.98 Å². The van der Waals surface area contributed by atoms with Gasteiger partial charge >= 0.3 is 0 Å². The first-order valence-electron chi connectivity index (χ1n) is 5.99. The molecule has 0 spiro atoms. The van der Waals surface area contributed by atoms with Crippen LogP contribution in [0.2, 0.25) is 0 Å². The lowest BCUT2D eigenvalue weighted by Crippen LogP contribution is -2.22. The zero-order valence-corrected chi connectivity index (χ0v) is 9.51. The molecule has 2 rings (SSSR count). The van der Waals surface area contributed by atoms with Gasteiger partial charge in [0.15, 0.2) is 0 Å². The first-order chi connectivity index (χ1) is 7.84. The highest BCUT2D eigenvalue weighted by molar-refractivity contribution is 5.10. The van der Waals surface area contributed by atoms with Crippen molar-refractivity contribution in [1.29, 1.82) is 0 Å². The third-order valence-electron chi connectivity index (χ3n) is 3.17. The van der Waals surface area contributed by atoms with Gasteiger partial charge in [0.05, 0.1) is 6.10 Å². The molecule has 1 aromatic rings.